The Kier molecular flexibility index (Phi) is 6.32. The van der Waals surface area contributed by atoms with Crippen LogP contribution in [0.2, 0.25) is 0 Å². The number of ether oxygens (including phenoxy) is 2. The zero-order valence-electron chi connectivity index (χ0n) is 14.1. The third-order valence-corrected chi connectivity index (χ3v) is 5.12. The molecule has 120 valence electrons. The molecule has 0 saturated carbocycles. The van der Waals surface area contributed by atoms with E-state index in [4.69, 9.17) is 9.47 Å². The largest absolute Gasteiger partial charge is 0.497 e. The third kappa shape index (κ3) is 4.04. The van der Waals surface area contributed by atoms with Crippen molar-refractivity contribution in [3.8, 4) is 21.9 Å². The number of hydrogen-bond acceptors (Lipinski definition) is 3. The van der Waals surface area contributed by atoms with Gasteiger partial charge in [-0.25, -0.2) is 0 Å². The maximum absolute atomic E-state index is 5.53. The van der Waals surface area contributed by atoms with Crippen LogP contribution in [0.5, 0.6) is 11.5 Å². The molecule has 2 aromatic rings. The molecule has 0 spiro atoms. The van der Waals surface area contributed by atoms with Crippen molar-refractivity contribution in [3.63, 3.8) is 0 Å². The van der Waals surface area contributed by atoms with Crippen molar-refractivity contribution in [3.05, 3.63) is 34.7 Å². The Hall–Kier alpha value is -1.48. The topological polar surface area (TPSA) is 18.5 Å². The number of rotatable bonds is 8. The zero-order valence-corrected chi connectivity index (χ0v) is 14.9. The van der Waals surface area contributed by atoms with Crippen molar-refractivity contribution < 1.29 is 9.47 Å². The van der Waals surface area contributed by atoms with Crippen molar-refractivity contribution in [2.75, 3.05) is 14.2 Å². The average Bonchev–Trinajstić information content (AvgIpc) is 2.91. The van der Waals surface area contributed by atoms with E-state index >= 15 is 0 Å². The van der Waals surface area contributed by atoms with Gasteiger partial charge in [-0.1, -0.05) is 26.2 Å². The second-order valence-corrected chi connectivity index (χ2v) is 6.83. The Morgan fingerprint density at radius 2 is 1.82 bits per heavy atom. The maximum atomic E-state index is 5.53. The molecule has 1 aromatic carbocycles. The van der Waals surface area contributed by atoms with Crippen LogP contribution in [0.3, 0.4) is 0 Å². The zero-order chi connectivity index (χ0) is 15.9. The van der Waals surface area contributed by atoms with Crippen molar-refractivity contribution >= 4 is 11.3 Å². The number of thiophene rings is 1. The molecule has 0 unspecified atom stereocenters. The molecule has 1 aromatic heterocycles. The Morgan fingerprint density at radius 1 is 1.00 bits per heavy atom. The van der Waals surface area contributed by atoms with Gasteiger partial charge in [-0.3, -0.25) is 0 Å². The smallest absolute Gasteiger partial charge is 0.131 e. The van der Waals surface area contributed by atoms with Crippen molar-refractivity contribution in [2.24, 2.45) is 0 Å². The van der Waals surface area contributed by atoms with Crippen LogP contribution in [0.1, 0.15) is 43.0 Å². The lowest BCUT2D eigenvalue weighted by atomic mass is 10.1. The van der Waals surface area contributed by atoms with E-state index in [0.29, 0.717) is 0 Å². The number of unbranched alkanes of at least 4 members (excludes halogenated alkanes) is 3. The van der Waals surface area contributed by atoms with Crippen LogP contribution in [-0.4, -0.2) is 14.2 Å². The van der Waals surface area contributed by atoms with Gasteiger partial charge in [0.2, 0.25) is 0 Å². The second kappa shape index (κ2) is 8.23. The molecule has 0 bridgehead atoms. The van der Waals surface area contributed by atoms with Gasteiger partial charge in [-0.2, -0.15) is 0 Å². The lowest BCUT2D eigenvalue weighted by molar-refractivity contribution is 0.395. The molecule has 0 saturated heterocycles. The van der Waals surface area contributed by atoms with Crippen LogP contribution in [0.25, 0.3) is 10.4 Å². The predicted molar refractivity (Wildman–Crippen MR) is 95.4 cm³/mol. The van der Waals surface area contributed by atoms with Crippen LogP contribution >= 0.6 is 11.3 Å². The Bertz CT molecular complexity index is 601. The lowest BCUT2D eigenvalue weighted by Crippen LogP contribution is -1.89. The summed E-state index contributed by atoms with van der Waals surface area (Å²) in [6, 6.07) is 8.36. The summed E-state index contributed by atoms with van der Waals surface area (Å²) in [5.74, 6) is 1.70. The highest BCUT2D eigenvalue weighted by Crippen LogP contribution is 2.39. The number of benzene rings is 1. The van der Waals surface area contributed by atoms with Gasteiger partial charge < -0.3 is 9.47 Å². The molecule has 3 heteroatoms. The molecule has 1 heterocycles. The monoisotopic (exact) mass is 318 g/mol. The van der Waals surface area contributed by atoms with Crippen LogP contribution in [0.4, 0.5) is 0 Å². The van der Waals surface area contributed by atoms with Gasteiger partial charge >= 0.3 is 0 Å². The molecule has 0 N–H and O–H groups in total. The molecule has 22 heavy (non-hydrogen) atoms. The molecule has 0 atom stereocenters. The molecule has 2 nitrogen and oxygen atoms in total. The van der Waals surface area contributed by atoms with Gasteiger partial charge in [0.05, 0.1) is 14.2 Å². The Balaban J connectivity index is 2.19. The van der Waals surface area contributed by atoms with Gasteiger partial charge in [0.15, 0.2) is 0 Å². The number of hydrogen-bond donors (Lipinski definition) is 0. The average molecular weight is 318 g/mol. The van der Waals surface area contributed by atoms with E-state index in [1.807, 2.05) is 23.5 Å². The van der Waals surface area contributed by atoms with E-state index in [2.05, 4.69) is 26.0 Å². The number of methoxy groups -OCH3 is 2. The first-order chi connectivity index (χ1) is 10.7. The van der Waals surface area contributed by atoms with Crippen LogP contribution < -0.4 is 9.47 Å². The second-order valence-electron chi connectivity index (χ2n) is 5.57. The fourth-order valence-corrected chi connectivity index (χ4v) is 3.75. The molecule has 0 fully saturated rings. The summed E-state index contributed by atoms with van der Waals surface area (Å²) in [6.45, 7) is 4.48. The van der Waals surface area contributed by atoms with E-state index < -0.39 is 0 Å². The quantitative estimate of drug-likeness (QED) is 0.567. The maximum Gasteiger partial charge on any atom is 0.131 e. The highest BCUT2D eigenvalue weighted by molar-refractivity contribution is 7.15. The van der Waals surface area contributed by atoms with E-state index in [1.54, 1.807) is 14.2 Å². The van der Waals surface area contributed by atoms with E-state index in [0.717, 1.165) is 17.1 Å². The third-order valence-electron chi connectivity index (χ3n) is 3.99. The van der Waals surface area contributed by atoms with Crippen LogP contribution in [0.15, 0.2) is 24.3 Å². The normalized spacial score (nSPS) is 10.7. The molecular formula is C19H26O2S. The molecular weight excluding hydrogens is 292 g/mol. The van der Waals surface area contributed by atoms with Gasteiger partial charge in [-0.15, -0.1) is 11.3 Å². The molecule has 0 aliphatic carbocycles. The van der Waals surface area contributed by atoms with Gasteiger partial charge in [0, 0.05) is 21.4 Å². The predicted octanol–water partition coefficient (Wildman–Crippen LogP) is 5.86. The summed E-state index contributed by atoms with van der Waals surface area (Å²) >= 11 is 1.85. The van der Waals surface area contributed by atoms with E-state index in [1.165, 1.54) is 47.4 Å². The van der Waals surface area contributed by atoms with Crippen molar-refractivity contribution in [1.82, 2.24) is 0 Å². The SMILES string of the molecule is CCCCCCc1cc(-c2ccc(OC)cc2OC)sc1C. The minimum Gasteiger partial charge on any atom is -0.497 e. The minimum absolute atomic E-state index is 0.827. The standard InChI is InChI=1S/C19H26O2S/c1-5-6-7-8-9-15-12-19(22-14(15)2)17-11-10-16(20-3)13-18(17)21-4/h10-13H,5-9H2,1-4H3. The summed E-state index contributed by atoms with van der Waals surface area (Å²) in [4.78, 5) is 2.70. The summed E-state index contributed by atoms with van der Waals surface area (Å²) in [5, 5.41) is 0. The van der Waals surface area contributed by atoms with Crippen molar-refractivity contribution in [2.45, 2.75) is 46.0 Å². The first kappa shape index (κ1) is 16.9. The number of aryl methyl sites for hydroxylation is 2. The summed E-state index contributed by atoms with van der Waals surface area (Å²) in [6.07, 6.45) is 6.41. The molecule has 0 radical (unpaired) electrons. The van der Waals surface area contributed by atoms with Gasteiger partial charge in [0.1, 0.15) is 11.5 Å². The van der Waals surface area contributed by atoms with Crippen LogP contribution in [-0.2, 0) is 6.42 Å². The molecule has 0 aliphatic rings. The van der Waals surface area contributed by atoms with Crippen LogP contribution in [0, 0.1) is 6.92 Å². The van der Waals surface area contributed by atoms with Gasteiger partial charge in [-0.05, 0) is 43.5 Å². The summed E-state index contributed by atoms with van der Waals surface area (Å²) in [7, 11) is 3.39. The summed E-state index contributed by atoms with van der Waals surface area (Å²) in [5.41, 5.74) is 2.63. The lowest BCUT2D eigenvalue weighted by Gasteiger charge is -2.08. The minimum atomic E-state index is 0.827. The Labute approximate surface area is 138 Å². The fraction of sp³-hybridized carbons (Fsp3) is 0.474. The fourth-order valence-electron chi connectivity index (χ4n) is 2.65. The van der Waals surface area contributed by atoms with Crippen molar-refractivity contribution in [1.29, 1.82) is 0 Å². The molecule has 0 amide bonds. The molecule has 2 rings (SSSR count). The Morgan fingerprint density at radius 3 is 2.50 bits per heavy atom. The molecule has 0 aliphatic heterocycles. The van der Waals surface area contributed by atoms with E-state index in [-0.39, 0.29) is 0 Å². The summed E-state index contributed by atoms with van der Waals surface area (Å²) < 4.78 is 10.8. The highest BCUT2D eigenvalue weighted by atomic mass is 32.1. The van der Waals surface area contributed by atoms with E-state index in [9.17, 15) is 0 Å². The first-order valence-electron chi connectivity index (χ1n) is 8.01. The highest BCUT2D eigenvalue weighted by Gasteiger charge is 2.12. The van der Waals surface area contributed by atoms with Gasteiger partial charge in [0.25, 0.3) is 0 Å². The first-order valence-corrected chi connectivity index (χ1v) is 8.83.